The Morgan fingerprint density at radius 3 is 2.59 bits per heavy atom. The number of hydrogen-bond acceptors (Lipinski definition) is 4. The number of rotatable bonds is 6. The molecular formula is C23H20BrNO4. The molecule has 5 nitrogen and oxygen atoms in total. The van der Waals surface area contributed by atoms with E-state index in [4.69, 9.17) is 4.42 Å². The van der Waals surface area contributed by atoms with Crippen molar-refractivity contribution in [3.63, 3.8) is 0 Å². The zero-order chi connectivity index (χ0) is 20.6. The Morgan fingerprint density at radius 1 is 1.14 bits per heavy atom. The zero-order valence-electron chi connectivity index (χ0n) is 15.9. The lowest BCUT2D eigenvalue weighted by atomic mass is 9.89. The highest BCUT2D eigenvalue weighted by molar-refractivity contribution is 9.10. The smallest absolute Gasteiger partial charge is 0.264 e. The topological polar surface area (TPSA) is 70.8 Å². The number of aliphatic hydroxyl groups is 1. The number of Topliss-reactive ketones (excluding diaryl/α,β-unsaturated/α-hetero) is 1. The van der Waals surface area contributed by atoms with Crippen molar-refractivity contribution >= 4 is 33.3 Å². The first-order valence-corrected chi connectivity index (χ1v) is 10.2. The van der Waals surface area contributed by atoms with Crippen LogP contribution in [0.1, 0.15) is 33.9 Å². The summed E-state index contributed by atoms with van der Waals surface area (Å²) in [5.74, 6) is -0.156. The van der Waals surface area contributed by atoms with Crippen molar-refractivity contribution in [3.05, 3.63) is 87.8 Å². The predicted octanol–water partition coefficient (Wildman–Crippen LogP) is 4.40. The van der Waals surface area contributed by atoms with E-state index in [1.165, 1.54) is 0 Å². The first-order valence-electron chi connectivity index (χ1n) is 9.36. The highest BCUT2D eigenvalue weighted by atomic mass is 79.9. The van der Waals surface area contributed by atoms with Crippen LogP contribution in [-0.2, 0) is 16.8 Å². The highest BCUT2D eigenvalue weighted by Gasteiger charge is 2.51. The van der Waals surface area contributed by atoms with Gasteiger partial charge in [-0.05, 0) is 49.2 Å². The molecule has 1 amide bonds. The molecule has 3 aromatic rings. The van der Waals surface area contributed by atoms with Crippen LogP contribution in [0, 0.1) is 6.92 Å². The van der Waals surface area contributed by atoms with Gasteiger partial charge < -0.3 is 14.4 Å². The van der Waals surface area contributed by atoms with Gasteiger partial charge in [0.2, 0.25) is 5.78 Å². The summed E-state index contributed by atoms with van der Waals surface area (Å²) in [6.45, 7) is 2.15. The third-order valence-corrected chi connectivity index (χ3v) is 5.69. The lowest BCUT2D eigenvalue weighted by Gasteiger charge is -2.22. The van der Waals surface area contributed by atoms with Crippen LogP contribution in [0.4, 0.5) is 5.69 Å². The minimum atomic E-state index is -1.92. The van der Waals surface area contributed by atoms with Crippen LogP contribution in [0.3, 0.4) is 0 Å². The number of carbonyl (C=O) groups is 2. The number of halogens is 1. The normalized spacial score (nSPS) is 18.2. The Hall–Kier alpha value is -2.70. The fourth-order valence-corrected chi connectivity index (χ4v) is 4.07. The van der Waals surface area contributed by atoms with Crippen LogP contribution < -0.4 is 4.90 Å². The Morgan fingerprint density at radius 2 is 1.90 bits per heavy atom. The van der Waals surface area contributed by atoms with Gasteiger partial charge in [-0.25, -0.2) is 0 Å². The van der Waals surface area contributed by atoms with Crippen LogP contribution in [0.25, 0.3) is 0 Å². The summed E-state index contributed by atoms with van der Waals surface area (Å²) in [6.07, 6.45) is 0.271. The Balaban J connectivity index is 1.65. The maximum Gasteiger partial charge on any atom is 0.264 e. The van der Waals surface area contributed by atoms with Gasteiger partial charge in [-0.3, -0.25) is 9.59 Å². The van der Waals surface area contributed by atoms with Crippen molar-refractivity contribution in [3.8, 4) is 0 Å². The number of fused-ring (bicyclic) bond motifs is 1. The predicted molar refractivity (Wildman–Crippen MR) is 113 cm³/mol. The number of amides is 1. The molecule has 1 aromatic heterocycles. The van der Waals surface area contributed by atoms with Crippen molar-refractivity contribution in [1.82, 2.24) is 0 Å². The minimum Gasteiger partial charge on any atom is -0.458 e. The van der Waals surface area contributed by atoms with E-state index in [-0.39, 0.29) is 12.2 Å². The summed E-state index contributed by atoms with van der Waals surface area (Å²) in [5, 5.41) is 11.4. The maximum atomic E-state index is 13.3. The second-order valence-electron chi connectivity index (χ2n) is 7.22. The van der Waals surface area contributed by atoms with E-state index in [2.05, 4.69) is 15.9 Å². The molecule has 0 fully saturated rings. The van der Waals surface area contributed by atoms with E-state index in [0.29, 0.717) is 30.0 Å². The third kappa shape index (κ3) is 3.66. The maximum absolute atomic E-state index is 13.3. The number of carbonyl (C=O) groups excluding carboxylic acids is 2. The molecule has 1 aliphatic heterocycles. The van der Waals surface area contributed by atoms with Crippen molar-refractivity contribution in [2.75, 3.05) is 11.4 Å². The van der Waals surface area contributed by atoms with Crippen molar-refractivity contribution in [2.45, 2.75) is 25.4 Å². The van der Waals surface area contributed by atoms with Gasteiger partial charge in [0.1, 0.15) is 5.76 Å². The molecule has 148 valence electrons. The fraction of sp³-hybridized carbons (Fsp3) is 0.217. The van der Waals surface area contributed by atoms with E-state index < -0.39 is 17.3 Å². The molecule has 29 heavy (non-hydrogen) atoms. The molecule has 0 aliphatic carbocycles. The molecule has 6 heteroatoms. The number of benzene rings is 2. The molecular weight excluding hydrogens is 434 g/mol. The molecule has 0 bridgehead atoms. The summed E-state index contributed by atoms with van der Waals surface area (Å²) in [6, 6.07) is 18.4. The van der Waals surface area contributed by atoms with E-state index in [9.17, 15) is 14.7 Å². The number of anilines is 1. The van der Waals surface area contributed by atoms with E-state index in [0.717, 1.165) is 10.0 Å². The van der Waals surface area contributed by atoms with E-state index in [1.807, 2.05) is 36.4 Å². The quantitative estimate of drug-likeness (QED) is 0.561. The number of aryl methyl sites for hydroxylation is 1. The summed E-state index contributed by atoms with van der Waals surface area (Å²) < 4.78 is 6.12. The van der Waals surface area contributed by atoms with Crippen molar-refractivity contribution in [1.29, 1.82) is 0 Å². The SMILES string of the molecule is Cc1ccc(C(=O)C[C@@]2(O)C(=O)N(CCc3ccccc3)c3ccc(Br)cc32)o1. The Labute approximate surface area is 177 Å². The fourth-order valence-electron chi connectivity index (χ4n) is 3.71. The number of hydrogen-bond donors (Lipinski definition) is 1. The monoisotopic (exact) mass is 453 g/mol. The molecule has 2 aromatic carbocycles. The van der Waals surface area contributed by atoms with Gasteiger partial charge in [0, 0.05) is 16.6 Å². The Bertz CT molecular complexity index is 1080. The van der Waals surface area contributed by atoms with Gasteiger partial charge in [-0.1, -0.05) is 46.3 Å². The summed E-state index contributed by atoms with van der Waals surface area (Å²) >= 11 is 3.40. The van der Waals surface area contributed by atoms with Crippen LogP contribution >= 0.6 is 15.9 Å². The van der Waals surface area contributed by atoms with Crippen LogP contribution in [0.15, 0.2) is 69.6 Å². The van der Waals surface area contributed by atoms with Crippen LogP contribution in [0.2, 0.25) is 0 Å². The Kier molecular flexibility index (Phi) is 5.15. The molecule has 1 N–H and O–H groups in total. The minimum absolute atomic E-state index is 0.142. The first-order chi connectivity index (χ1) is 13.9. The lowest BCUT2D eigenvalue weighted by molar-refractivity contribution is -0.135. The number of ketones is 1. The largest absolute Gasteiger partial charge is 0.458 e. The molecule has 2 heterocycles. The number of furan rings is 1. The van der Waals surface area contributed by atoms with Crippen LogP contribution in [0.5, 0.6) is 0 Å². The standard InChI is InChI=1S/C23H20BrNO4/c1-15-7-10-21(29-15)20(26)14-23(28)18-13-17(24)8-9-19(18)25(22(23)27)12-11-16-5-3-2-4-6-16/h2-10,13,28H,11-12,14H2,1H3/t23-/m0/s1. The average molecular weight is 454 g/mol. The molecule has 0 saturated heterocycles. The summed E-state index contributed by atoms with van der Waals surface area (Å²) in [7, 11) is 0. The average Bonchev–Trinajstić information content (AvgIpc) is 3.23. The number of nitrogens with zero attached hydrogens (tertiary/aromatic N) is 1. The lowest BCUT2D eigenvalue weighted by Crippen LogP contribution is -2.42. The van der Waals surface area contributed by atoms with Crippen molar-refractivity contribution < 1.29 is 19.1 Å². The summed E-state index contributed by atoms with van der Waals surface area (Å²) in [4.78, 5) is 27.5. The second kappa shape index (κ2) is 7.61. The second-order valence-corrected chi connectivity index (χ2v) is 8.14. The van der Waals surface area contributed by atoms with Crippen molar-refractivity contribution in [2.24, 2.45) is 0 Å². The molecule has 0 spiro atoms. The first kappa shape index (κ1) is 19.6. The van der Waals surface area contributed by atoms with Crippen LogP contribution in [-0.4, -0.2) is 23.3 Å². The van der Waals surface area contributed by atoms with Gasteiger partial charge >= 0.3 is 0 Å². The van der Waals surface area contributed by atoms with Gasteiger partial charge in [0.15, 0.2) is 11.4 Å². The van der Waals surface area contributed by atoms with Gasteiger partial charge in [0.25, 0.3) is 5.91 Å². The molecule has 0 radical (unpaired) electrons. The zero-order valence-corrected chi connectivity index (χ0v) is 17.5. The summed E-state index contributed by atoms with van der Waals surface area (Å²) in [5.41, 5.74) is 0.228. The van der Waals surface area contributed by atoms with Gasteiger partial charge in [0.05, 0.1) is 12.1 Å². The third-order valence-electron chi connectivity index (χ3n) is 5.19. The van der Waals surface area contributed by atoms with Gasteiger partial charge in [-0.2, -0.15) is 0 Å². The molecule has 1 atom stereocenters. The molecule has 0 saturated carbocycles. The highest BCUT2D eigenvalue weighted by Crippen LogP contribution is 2.44. The van der Waals surface area contributed by atoms with E-state index >= 15 is 0 Å². The molecule has 4 rings (SSSR count). The molecule has 1 aliphatic rings. The van der Waals surface area contributed by atoms with E-state index in [1.54, 1.807) is 36.1 Å². The van der Waals surface area contributed by atoms with Gasteiger partial charge in [-0.15, -0.1) is 0 Å². The molecule has 0 unspecified atom stereocenters.